The first kappa shape index (κ1) is 28.5. The standard InChI is InChI=1S/C31H32N2O6S/c1-22-10-17-28(18-11-22)40(35,36)33(24-12-14-26(15-13-24)39-25-8-6-5-7-9-25)21-31(34)32-23(2)29-20-27(37-3)16-19-30(29)38-4/h5-20,23H,21H2,1-4H3,(H,32,34)/t23-/m0/s1. The van der Waals surface area contributed by atoms with Gasteiger partial charge in [0.15, 0.2) is 0 Å². The van der Waals surface area contributed by atoms with Gasteiger partial charge in [-0.25, -0.2) is 8.42 Å². The molecular formula is C31H32N2O6S. The van der Waals surface area contributed by atoms with Crippen molar-refractivity contribution in [2.24, 2.45) is 0 Å². The summed E-state index contributed by atoms with van der Waals surface area (Å²) in [5.74, 6) is 1.88. The van der Waals surface area contributed by atoms with Gasteiger partial charge in [0.1, 0.15) is 29.5 Å². The third kappa shape index (κ3) is 6.73. The van der Waals surface area contributed by atoms with Crippen LogP contribution in [0.15, 0.2) is 102 Å². The van der Waals surface area contributed by atoms with E-state index in [0.29, 0.717) is 34.2 Å². The fourth-order valence-electron chi connectivity index (χ4n) is 4.13. The monoisotopic (exact) mass is 560 g/mol. The van der Waals surface area contributed by atoms with E-state index in [1.165, 1.54) is 12.1 Å². The zero-order valence-corrected chi connectivity index (χ0v) is 23.6. The van der Waals surface area contributed by atoms with Crippen LogP contribution in [-0.4, -0.2) is 35.1 Å². The van der Waals surface area contributed by atoms with Crippen LogP contribution in [0.25, 0.3) is 0 Å². The second kappa shape index (κ2) is 12.6. The number of carbonyl (C=O) groups excluding carboxylic acids is 1. The van der Waals surface area contributed by atoms with Crippen molar-refractivity contribution in [2.45, 2.75) is 24.8 Å². The Morgan fingerprint density at radius 2 is 1.45 bits per heavy atom. The zero-order chi connectivity index (χ0) is 28.7. The minimum atomic E-state index is -4.07. The molecular weight excluding hydrogens is 528 g/mol. The number of ether oxygens (including phenoxy) is 3. The van der Waals surface area contributed by atoms with Gasteiger partial charge in [0.25, 0.3) is 10.0 Å². The Morgan fingerprint density at radius 3 is 2.08 bits per heavy atom. The van der Waals surface area contributed by atoms with E-state index in [2.05, 4.69) is 5.32 Å². The van der Waals surface area contributed by atoms with Crippen molar-refractivity contribution >= 4 is 21.6 Å². The second-order valence-corrected chi connectivity index (χ2v) is 11.0. The van der Waals surface area contributed by atoms with E-state index in [4.69, 9.17) is 14.2 Å². The molecule has 0 aliphatic heterocycles. The van der Waals surface area contributed by atoms with Gasteiger partial charge in [-0.05, 0) is 80.6 Å². The Kier molecular flexibility index (Phi) is 8.96. The van der Waals surface area contributed by atoms with Crippen molar-refractivity contribution in [2.75, 3.05) is 25.1 Å². The van der Waals surface area contributed by atoms with Crippen molar-refractivity contribution in [1.29, 1.82) is 0 Å². The summed E-state index contributed by atoms with van der Waals surface area (Å²) in [6, 6.07) is 27.1. The molecule has 0 bridgehead atoms. The maximum Gasteiger partial charge on any atom is 0.264 e. The van der Waals surface area contributed by atoms with Crippen LogP contribution in [0.2, 0.25) is 0 Å². The predicted molar refractivity (Wildman–Crippen MR) is 155 cm³/mol. The molecule has 0 aromatic heterocycles. The number of nitrogens with zero attached hydrogens (tertiary/aromatic N) is 1. The fraction of sp³-hybridized carbons (Fsp3) is 0.194. The fourth-order valence-corrected chi connectivity index (χ4v) is 5.55. The maximum absolute atomic E-state index is 13.8. The van der Waals surface area contributed by atoms with Crippen molar-refractivity contribution in [3.63, 3.8) is 0 Å². The molecule has 0 unspecified atom stereocenters. The predicted octanol–water partition coefficient (Wildman–Crippen LogP) is 5.88. The highest BCUT2D eigenvalue weighted by Crippen LogP contribution is 2.30. The van der Waals surface area contributed by atoms with Crippen molar-refractivity contribution in [3.05, 3.63) is 108 Å². The van der Waals surface area contributed by atoms with Crippen LogP contribution in [0.4, 0.5) is 5.69 Å². The lowest BCUT2D eigenvalue weighted by Crippen LogP contribution is -2.41. The molecule has 4 rings (SSSR count). The minimum Gasteiger partial charge on any atom is -0.497 e. The number of nitrogens with one attached hydrogen (secondary N) is 1. The van der Waals surface area contributed by atoms with Crippen LogP contribution in [0, 0.1) is 6.92 Å². The largest absolute Gasteiger partial charge is 0.497 e. The Bertz CT molecular complexity index is 1540. The molecule has 208 valence electrons. The van der Waals surface area contributed by atoms with Gasteiger partial charge in [0.2, 0.25) is 5.91 Å². The van der Waals surface area contributed by atoms with Crippen LogP contribution in [0.1, 0.15) is 24.1 Å². The first-order valence-electron chi connectivity index (χ1n) is 12.6. The van der Waals surface area contributed by atoms with Gasteiger partial charge in [-0.3, -0.25) is 9.10 Å². The number of hydrogen-bond acceptors (Lipinski definition) is 6. The van der Waals surface area contributed by atoms with E-state index in [1.54, 1.807) is 75.7 Å². The lowest BCUT2D eigenvalue weighted by molar-refractivity contribution is -0.120. The average molecular weight is 561 g/mol. The summed E-state index contributed by atoms with van der Waals surface area (Å²) in [4.78, 5) is 13.4. The van der Waals surface area contributed by atoms with E-state index < -0.39 is 28.5 Å². The van der Waals surface area contributed by atoms with Gasteiger partial charge in [-0.1, -0.05) is 35.9 Å². The summed E-state index contributed by atoms with van der Waals surface area (Å²) in [7, 11) is -0.978. The third-order valence-electron chi connectivity index (χ3n) is 6.28. The molecule has 0 heterocycles. The van der Waals surface area contributed by atoms with Crippen molar-refractivity contribution in [1.82, 2.24) is 5.32 Å². The summed E-state index contributed by atoms with van der Waals surface area (Å²) in [6.07, 6.45) is 0. The zero-order valence-electron chi connectivity index (χ0n) is 22.8. The molecule has 0 saturated heterocycles. The summed E-state index contributed by atoms with van der Waals surface area (Å²) in [6.45, 7) is 3.23. The Hall–Kier alpha value is -4.50. The first-order valence-corrected chi connectivity index (χ1v) is 14.1. The topological polar surface area (TPSA) is 94.2 Å². The van der Waals surface area contributed by atoms with Crippen LogP contribution < -0.4 is 23.8 Å². The van der Waals surface area contributed by atoms with Gasteiger partial charge >= 0.3 is 0 Å². The molecule has 0 fully saturated rings. The van der Waals surface area contributed by atoms with Crippen molar-refractivity contribution < 1.29 is 27.4 Å². The third-order valence-corrected chi connectivity index (χ3v) is 8.07. The molecule has 4 aromatic carbocycles. The molecule has 1 atom stereocenters. The molecule has 0 radical (unpaired) electrons. The number of carbonyl (C=O) groups is 1. The number of benzene rings is 4. The molecule has 4 aromatic rings. The number of rotatable bonds is 11. The van der Waals surface area contributed by atoms with E-state index in [9.17, 15) is 13.2 Å². The average Bonchev–Trinajstić information content (AvgIpc) is 2.96. The maximum atomic E-state index is 13.8. The molecule has 9 heteroatoms. The molecule has 1 amide bonds. The normalized spacial score (nSPS) is 11.8. The number of aryl methyl sites for hydroxylation is 1. The summed E-state index contributed by atoms with van der Waals surface area (Å²) >= 11 is 0. The second-order valence-electron chi connectivity index (χ2n) is 9.13. The van der Waals surface area contributed by atoms with Gasteiger partial charge in [0.05, 0.1) is 30.8 Å². The van der Waals surface area contributed by atoms with E-state index in [-0.39, 0.29) is 4.90 Å². The number of methoxy groups -OCH3 is 2. The highest BCUT2D eigenvalue weighted by Gasteiger charge is 2.28. The van der Waals surface area contributed by atoms with E-state index >= 15 is 0 Å². The molecule has 40 heavy (non-hydrogen) atoms. The number of anilines is 1. The van der Waals surface area contributed by atoms with E-state index in [1.807, 2.05) is 37.3 Å². The van der Waals surface area contributed by atoms with Crippen LogP contribution in [0.3, 0.4) is 0 Å². The molecule has 0 aliphatic rings. The molecule has 1 N–H and O–H groups in total. The van der Waals surface area contributed by atoms with Gasteiger partial charge in [0, 0.05) is 5.56 Å². The van der Waals surface area contributed by atoms with E-state index in [0.717, 1.165) is 9.87 Å². The quantitative estimate of drug-likeness (QED) is 0.246. The summed E-state index contributed by atoms with van der Waals surface area (Å²) < 4.78 is 45.3. The molecule has 0 aliphatic carbocycles. The highest BCUT2D eigenvalue weighted by molar-refractivity contribution is 7.92. The Labute approximate surface area is 235 Å². The molecule has 0 spiro atoms. The van der Waals surface area contributed by atoms with Gasteiger partial charge in [-0.15, -0.1) is 0 Å². The summed E-state index contributed by atoms with van der Waals surface area (Å²) in [5, 5.41) is 2.89. The van der Waals surface area contributed by atoms with Crippen molar-refractivity contribution in [3.8, 4) is 23.0 Å². The van der Waals surface area contributed by atoms with Gasteiger partial charge < -0.3 is 19.5 Å². The first-order chi connectivity index (χ1) is 19.2. The minimum absolute atomic E-state index is 0.0815. The highest BCUT2D eigenvalue weighted by atomic mass is 32.2. The number of hydrogen-bond donors (Lipinski definition) is 1. The lowest BCUT2D eigenvalue weighted by Gasteiger charge is -2.26. The van der Waals surface area contributed by atoms with Gasteiger partial charge in [-0.2, -0.15) is 0 Å². The SMILES string of the molecule is COc1ccc(OC)c([C@H](C)NC(=O)CN(c2ccc(Oc3ccccc3)cc2)S(=O)(=O)c2ccc(C)cc2)c1. The molecule has 0 saturated carbocycles. The Morgan fingerprint density at radius 1 is 0.825 bits per heavy atom. The molecule has 8 nitrogen and oxygen atoms in total. The number of sulfonamides is 1. The number of amides is 1. The van der Waals surface area contributed by atoms with Crippen LogP contribution in [0.5, 0.6) is 23.0 Å². The number of para-hydroxylation sites is 1. The summed E-state index contributed by atoms with van der Waals surface area (Å²) in [5.41, 5.74) is 1.94. The van der Waals surface area contributed by atoms with Crippen LogP contribution in [-0.2, 0) is 14.8 Å². The van der Waals surface area contributed by atoms with Crippen LogP contribution >= 0.6 is 0 Å². The smallest absolute Gasteiger partial charge is 0.264 e. The Balaban J connectivity index is 1.61. The lowest BCUT2D eigenvalue weighted by atomic mass is 10.1.